The summed E-state index contributed by atoms with van der Waals surface area (Å²) in [4.78, 5) is 8.49. The van der Waals surface area contributed by atoms with Gasteiger partial charge in [0.15, 0.2) is 0 Å². The highest BCUT2D eigenvalue weighted by Crippen LogP contribution is 2.22. The fraction of sp³-hybridized carbons (Fsp3) is 0.333. The Hall–Kier alpha value is -1.81. The van der Waals surface area contributed by atoms with E-state index in [1.54, 1.807) is 18.3 Å². The topological polar surface area (TPSA) is 37.8 Å². The zero-order valence-electron chi connectivity index (χ0n) is 11.2. The molecule has 0 radical (unpaired) electrons. The fourth-order valence-corrected chi connectivity index (χ4v) is 2.01. The maximum absolute atomic E-state index is 14.0. The standard InChI is InChI=1S/C15H18FN3/c1-3-9-18-15(12-6-4-5-7-13(12)16)14-8-10-17-11(2)19-14/h4-8,10,15,18H,3,9H2,1-2H3. The number of hydrogen-bond acceptors (Lipinski definition) is 3. The average molecular weight is 259 g/mol. The molecular weight excluding hydrogens is 241 g/mol. The molecule has 0 fully saturated rings. The monoisotopic (exact) mass is 259 g/mol. The number of halogens is 1. The molecule has 0 saturated heterocycles. The van der Waals surface area contributed by atoms with Gasteiger partial charge in [0.05, 0.1) is 11.7 Å². The summed E-state index contributed by atoms with van der Waals surface area (Å²) in [6, 6.07) is 8.40. The maximum Gasteiger partial charge on any atom is 0.128 e. The highest BCUT2D eigenvalue weighted by Gasteiger charge is 2.18. The second kappa shape index (κ2) is 6.38. The van der Waals surface area contributed by atoms with Crippen molar-refractivity contribution in [3.63, 3.8) is 0 Å². The molecule has 0 aliphatic heterocycles. The van der Waals surface area contributed by atoms with E-state index >= 15 is 0 Å². The van der Waals surface area contributed by atoms with Crippen LogP contribution < -0.4 is 5.32 Å². The predicted molar refractivity (Wildman–Crippen MR) is 73.3 cm³/mol. The van der Waals surface area contributed by atoms with Crippen molar-refractivity contribution < 1.29 is 4.39 Å². The van der Waals surface area contributed by atoms with Gasteiger partial charge in [-0.15, -0.1) is 0 Å². The SMILES string of the molecule is CCCNC(c1ccnc(C)n1)c1ccccc1F. The molecular formula is C15H18FN3. The first-order chi connectivity index (χ1) is 9.22. The number of aromatic nitrogens is 2. The van der Waals surface area contributed by atoms with Gasteiger partial charge in [0, 0.05) is 11.8 Å². The maximum atomic E-state index is 14.0. The van der Waals surface area contributed by atoms with Crippen molar-refractivity contribution in [2.24, 2.45) is 0 Å². The van der Waals surface area contributed by atoms with Crippen molar-refractivity contribution in [1.82, 2.24) is 15.3 Å². The van der Waals surface area contributed by atoms with Crippen LogP contribution in [0.1, 0.15) is 36.5 Å². The van der Waals surface area contributed by atoms with Gasteiger partial charge >= 0.3 is 0 Å². The molecule has 4 heteroatoms. The molecule has 2 aromatic rings. The van der Waals surface area contributed by atoms with E-state index in [-0.39, 0.29) is 11.9 Å². The normalized spacial score (nSPS) is 12.4. The van der Waals surface area contributed by atoms with Crippen molar-refractivity contribution in [3.05, 3.63) is 59.4 Å². The summed E-state index contributed by atoms with van der Waals surface area (Å²) in [5.74, 6) is 0.476. The molecule has 3 nitrogen and oxygen atoms in total. The summed E-state index contributed by atoms with van der Waals surface area (Å²) in [5.41, 5.74) is 1.42. The highest BCUT2D eigenvalue weighted by atomic mass is 19.1. The summed E-state index contributed by atoms with van der Waals surface area (Å²) >= 11 is 0. The van der Waals surface area contributed by atoms with Gasteiger partial charge in [-0.3, -0.25) is 0 Å². The van der Waals surface area contributed by atoms with Gasteiger partial charge in [-0.05, 0) is 32.0 Å². The lowest BCUT2D eigenvalue weighted by Crippen LogP contribution is -2.25. The molecule has 0 saturated carbocycles. The molecule has 0 amide bonds. The molecule has 19 heavy (non-hydrogen) atoms. The molecule has 1 atom stereocenters. The van der Waals surface area contributed by atoms with Crippen LogP contribution in [-0.4, -0.2) is 16.5 Å². The zero-order chi connectivity index (χ0) is 13.7. The zero-order valence-corrected chi connectivity index (χ0v) is 11.2. The van der Waals surface area contributed by atoms with E-state index in [1.807, 2.05) is 19.1 Å². The Morgan fingerprint density at radius 1 is 1.26 bits per heavy atom. The van der Waals surface area contributed by atoms with E-state index in [9.17, 15) is 4.39 Å². The molecule has 0 aliphatic rings. The summed E-state index contributed by atoms with van der Waals surface area (Å²) in [6.45, 7) is 4.72. The molecule has 1 heterocycles. The lowest BCUT2D eigenvalue weighted by Gasteiger charge is -2.19. The van der Waals surface area contributed by atoms with Crippen molar-refractivity contribution in [2.75, 3.05) is 6.54 Å². The lowest BCUT2D eigenvalue weighted by molar-refractivity contribution is 0.538. The van der Waals surface area contributed by atoms with Gasteiger partial charge in [0.2, 0.25) is 0 Å². The number of hydrogen-bond donors (Lipinski definition) is 1. The van der Waals surface area contributed by atoms with Crippen LogP contribution in [0.4, 0.5) is 4.39 Å². The molecule has 0 spiro atoms. The second-order valence-electron chi connectivity index (χ2n) is 4.44. The molecule has 1 aromatic heterocycles. The summed E-state index contributed by atoms with van der Waals surface area (Å²) in [7, 11) is 0. The molecule has 0 aliphatic carbocycles. The third-order valence-electron chi connectivity index (χ3n) is 2.91. The van der Waals surface area contributed by atoms with Crippen LogP contribution in [0.3, 0.4) is 0 Å². The Morgan fingerprint density at radius 2 is 2.05 bits per heavy atom. The molecule has 100 valence electrons. The van der Waals surface area contributed by atoms with Crippen molar-refractivity contribution >= 4 is 0 Å². The van der Waals surface area contributed by atoms with Crippen LogP contribution in [0.5, 0.6) is 0 Å². The van der Waals surface area contributed by atoms with E-state index in [0.29, 0.717) is 11.4 Å². The molecule has 1 aromatic carbocycles. The van der Waals surface area contributed by atoms with Gasteiger partial charge in [-0.1, -0.05) is 25.1 Å². The number of nitrogens with one attached hydrogen (secondary N) is 1. The van der Waals surface area contributed by atoms with Crippen LogP contribution in [0.25, 0.3) is 0 Å². The minimum Gasteiger partial charge on any atom is -0.305 e. The van der Waals surface area contributed by atoms with Gasteiger partial charge in [0.1, 0.15) is 11.6 Å². The molecule has 1 unspecified atom stereocenters. The Bertz CT molecular complexity index is 542. The Kier molecular flexibility index (Phi) is 4.58. The van der Waals surface area contributed by atoms with Crippen molar-refractivity contribution in [3.8, 4) is 0 Å². The van der Waals surface area contributed by atoms with E-state index in [1.165, 1.54) is 6.07 Å². The second-order valence-corrected chi connectivity index (χ2v) is 4.44. The van der Waals surface area contributed by atoms with Crippen LogP contribution in [0, 0.1) is 12.7 Å². The number of benzene rings is 1. The van der Waals surface area contributed by atoms with E-state index in [2.05, 4.69) is 22.2 Å². The van der Waals surface area contributed by atoms with Gasteiger partial charge in [-0.2, -0.15) is 0 Å². The van der Waals surface area contributed by atoms with Crippen LogP contribution in [-0.2, 0) is 0 Å². The van der Waals surface area contributed by atoms with Crippen LogP contribution in [0.2, 0.25) is 0 Å². The van der Waals surface area contributed by atoms with Gasteiger partial charge in [0.25, 0.3) is 0 Å². The number of aryl methyl sites for hydroxylation is 1. The summed E-state index contributed by atoms with van der Waals surface area (Å²) < 4.78 is 14.0. The third kappa shape index (κ3) is 3.35. The van der Waals surface area contributed by atoms with Crippen molar-refractivity contribution in [1.29, 1.82) is 0 Å². The average Bonchev–Trinajstić information content (AvgIpc) is 2.41. The Labute approximate surface area is 112 Å². The molecule has 1 N–H and O–H groups in total. The largest absolute Gasteiger partial charge is 0.305 e. The fourth-order valence-electron chi connectivity index (χ4n) is 2.01. The highest BCUT2D eigenvalue weighted by molar-refractivity contribution is 5.28. The van der Waals surface area contributed by atoms with Gasteiger partial charge in [-0.25, -0.2) is 14.4 Å². The third-order valence-corrected chi connectivity index (χ3v) is 2.91. The van der Waals surface area contributed by atoms with E-state index in [4.69, 9.17) is 0 Å². The first-order valence-corrected chi connectivity index (χ1v) is 6.49. The van der Waals surface area contributed by atoms with E-state index in [0.717, 1.165) is 18.7 Å². The van der Waals surface area contributed by atoms with Crippen LogP contribution in [0.15, 0.2) is 36.5 Å². The predicted octanol–water partition coefficient (Wildman–Crippen LogP) is 3.01. The molecule has 0 bridgehead atoms. The summed E-state index contributed by atoms with van der Waals surface area (Å²) in [6.07, 6.45) is 2.69. The summed E-state index contributed by atoms with van der Waals surface area (Å²) in [5, 5.41) is 3.34. The van der Waals surface area contributed by atoms with Crippen LogP contribution >= 0.6 is 0 Å². The quantitative estimate of drug-likeness (QED) is 0.897. The number of nitrogens with zero attached hydrogens (tertiary/aromatic N) is 2. The first-order valence-electron chi connectivity index (χ1n) is 6.49. The Balaban J connectivity index is 2.38. The minimum atomic E-state index is -0.233. The number of rotatable bonds is 5. The van der Waals surface area contributed by atoms with E-state index < -0.39 is 0 Å². The smallest absolute Gasteiger partial charge is 0.128 e. The first kappa shape index (κ1) is 13.6. The lowest BCUT2D eigenvalue weighted by atomic mass is 10.0. The minimum absolute atomic E-state index is 0.215. The van der Waals surface area contributed by atoms with Gasteiger partial charge < -0.3 is 5.32 Å². The Morgan fingerprint density at radius 3 is 2.74 bits per heavy atom. The molecule has 2 rings (SSSR count). The van der Waals surface area contributed by atoms with Crippen molar-refractivity contribution in [2.45, 2.75) is 26.3 Å².